The molecule has 1 rings (SSSR count). The van der Waals surface area contributed by atoms with Gasteiger partial charge in [0.25, 0.3) is 0 Å². The highest BCUT2D eigenvalue weighted by atomic mass is 35.5. The summed E-state index contributed by atoms with van der Waals surface area (Å²) >= 11 is 5.85. The zero-order chi connectivity index (χ0) is 14.1. The van der Waals surface area contributed by atoms with Crippen molar-refractivity contribution < 1.29 is 9.53 Å². The number of benzene rings is 1. The first-order valence-corrected chi connectivity index (χ1v) is 6.79. The lowest BCUT2D eigenvalue weighted by Crippen LogP contribution is -2.37. The van der Waals surface area contributed by atoms with Gasteiger partial charge in [0.1, 0.15) is 0 Å². The average molecular weight is 321 g/mol. The third-order valence-electron chi connectivity index (χ3n) is 2.78. The summed E-state index contributed by atoms with van der Waals surface area (Å²) < 4.78 is 4.90. The van der Waals surface area contributed by atoms with E-state index in [2.05, 4.69) is 10.6 Å². The van der Waals surface area contributed by atoms with Gasteiger partial charge in [0.05, 0.1) is 19.2 Å². The zero-order valence-corrected chi connectivity index (χ0v) is 13.4. The summed E-state index contributed by atoms with van der Waals surface area (Å²) in [5, 5.41) is 6.71. The lowest BCUT2D eigenvalue weighted by molar-refractivity contribution is -0.121. The minimum atomic E-state index is -0.0158. The second-order valence-corrected chi connectivity index (χ2v) is 4.69. The molecule has 0 fully saturated rings. The van der Waals surface area contributed by atoms with Crippen molar-refractivity contribution in [3.8, 4) is 0 Å². The smallest absolute Gasteiger partial charge is 0.234 e. The standard InChI is InChI=1S/C14H21ClN2O2.ClH/c1-3-13(11-4-6-12(15)7-5-11)17-14(18)10-16-8-9-19-2;/h4-7,13,16H,3,8-10H2,1-2H3,(H,17,18);1H. The first kappa shape index (κ1) is 19.2. The van der Waals surface area contributed by atoms with Crippen molar-refractivity contribution in [3.05, 3.63) is 34.9 Å². The molecule has 0 heterocycles. The zero-order valence-electron chi connectivity index (χ0n) is 11.8. The quantitative estimate of drug-likeness (QED) is 0.724. The maximum absolute atomic E-state index is 11.8. The van der Waals surface area contributed by atoms with Gasteiger partial charge >= 0.3 is 0 Å². The maximum Gasteiger partial charge on any atom is 0.234 e. The normalized spacial score (nSPS) is 11.6. The summed E-state index contributed by atoms with van der Waals surface area (Å²) in [6, 6.07) is 7.57. The van der Waals surface area contributed by atoms with Crippen LogP contribution in [0.1, 0.15) is 24.9 Å². The van der Waals surface area contributed by atoms with E-state index in [1.165, 1.54) is 0 Å². The Balaban J connectivity index is 0.00000361. The number of nitrogens with one attached hydrogen (secondary N) is 2. The van der Waals surface area contributed by atoms with E-state index in [-0.39, 0.29) is 24.4 Å². The highest BCUT2D eigenvalue weighted by Gasteiger charge is 2.12. The molecule has 4 nitrogen and oxygen atoms in total. The Morgan fingerprint density at radius 1 is 1.35 bits per heavy atom. The van der Waals surface area contributed by atoms with Crippen LogP contribution in [-0.2, 0) is 9.53 Å². The molecule has 1 amide bonds. The van der Waals surface area contributed by atoms with Gasteiger partial charge in [0, 0.05) is 18.7 Å². The lowest BCUT2D eigenvalue weighted by Gasteiger charge is -2.17. The largest absolute Gasteiger partial charge is 0.383 e. The Bertz CT molecular complexity index is 385. The topological polar surface area (TPSA) is 50.4 Å². The number of rotatable bonds is 8. The Labute approximate surface area is 131 Å². The summed E-state index contributed by atoms with van der Waals surface area (Å²) in [5.74, 6) is -0.0158. The number of carbonyl (C=O) groups is 1. The van der Waals surface area contributed by atoms with E-state index in [0.29, 0.717) is 24.7 Å². The van der Waals surface area contributed by atoms with E-state index in [1.54, 1.807) is 7.11 Å². The third-order valence-corrected chi connectivity index (χ3v) is 3.04. The van der Waals surface area contributed by atoms with Gasteiger partial charge in [-0.3, -0.25) is 4.79 Å². The average Bonchev–Trinajstić information content (AvgIpc) is 2.42. The van der Waals surface area contributed by atoms with Crippen LogP contribution in [0.3, 0.4) is 0 Å². The van der Waals surface area contributed by atoms with Crippen molar-refractivity contribution in [2.45, 2.75) is 19.4 Å². The van der Waals surface area contributed by atoms with Crippen LogP contribution in [0.5, 0.6) is 0 Å². The molecule has 0 radical (unpaired) electrons. The van der Waals surface area contributed by atoms with Crippen LogP contribution in [0.2, 0.25) is 5.02 Å². The van der Waals surface area contributed by atoms with E-state index in [1.807, 2.05) is 31.2 Å². The van der Waals surface area contributed by atoms with E-state index in [0.717, 1.165) is 12.0 Å². The van der Waals surface area contributed by atoms with Crippen molar-refractivity contribution in [3.63, 3.8) is 0 Å². The fraction of sp³-hybridized carbons (Fsp3) is 0.500. The highest BCUT2D eigenvalue weighted by molar-refractivity contribution is 6.30. The molecule has 6 heteroatoms. The molecule has 2 N–H and O–H groups in total. The fourth-order valence-electron chi connectivity index (χ4n) is 1.74. The Morgan fingerprint density at radius 2 is 2.00 bits per heavy atom. The molecule has 0 aliphatic rings. The predicted molar refractivity (Wildman–Crippen MR) is 84.6 cm³/mol. The Kier molecular flexibility index (Phi) is 10.5. The third kappa shape index (κ3) is 7.10. The molecule has 0 aliphatic carbocycles. The van der Waals surface area contributed by atoms with Crippen LogP contribution >= 0.6 is 24.0 Å². The molecule has 1 aromatic carbocycles. The van der Waals surface area contributed by atoms with Crippen LogP contribution in [-0.4, -0.2) is 32.7 Å². The molecule has 0 aliphatic heterocycles. The molecular formula is C14H22Cl2N2O2. The second-order valence-electron chi connectivity index (χ2n) is 4.25. The van der Waals surface area contributed by atoms with Crippen molar-refractivity contribution in [2.24, 2.45) is 0 Å². The molecule has 1 unspecified atom stereocenters. The van der Waals surface area contributed by atoms with Gasteiger partial charge in [-0.1, -0.05) is 30.7 Å². The van der Waals surface area contributed by atoms with Crippen LogP contribution in [0, 0.1) is 0 Å². The summed E-state index contributed by atoms with van der Waals surface area (Å²) in [6.07, 6.45) is 0.839. The summed E-state index contributed by atoms with van der Waals surface area (Å²) in [5.41, 5.74) is 1.07. The summed E-state index contributed by atoms with van der Waals surface area (Å²) in [4.78, 5) is 11.8. The van der Waals surface area contributed by atoms with Gasteiger partial charge in [-0.05, 0) is 24.1 Å². The number of halogens is 2. The van der Waals surface area contributed by atoms with Crippen molar-refractivity contribution >= 4 is 29.9 Å². The second kappa shape index (κ2) is 10.9. The van der Waals surface area contributed by atoms with Crippen LogP contribution in [0.15, 0.2) is 24.3 Å². The SMILES string of the molecule is CCC(NC(=O)CNCCOC)c1ccc(Cl)cc1.Cl. The van der Waals surface area contributed by atoms with Gasteiger partial charge in [-0.15, -0.1) is 12.4 Å². The first-order chi connectivity index (χ1) is 9.17. The number of carbonyl (C=O) groups excluding carboxylic acids is 1. The molecule has 0 spiro atoms. The van der Waals surface area contributed by atoms with Crippen molar-refractivity contribution in [1.82, 2.24) is 10.6 Å². The Hall–Kier alpha value is -0.810. The van der Waals surface area contributed by atoms with Crippen LogP contribution in [0.25, 0.3) is 0 Å². The van der Waals surface area contributed by atoms with Crippen molar-refractivity contribution in [2.75, 3.05) is 26.8 Å². The monoisotopic (exact) mass is 320 g/mol. The van der Waals surface area contributed by atoms with Crippen LogP contribution < -0.4 is 10.6 Å². The van der Waals surface area contributed by atoms with Gasteiger partial charge in [-0.2, -0.15) is 0 Å². The summed E-state index contributed by atoms with van der Waals surface area (Å²) in [7, 11) is 1.63. The molecule has 0 bridgehead atoms. The molecule has 0 aromatic heterocycles. The van der Waals surface area contributed by atoms with Gasteiger partial charge < -0.3 is 15.4 Å². The van der Waals surface area contributed by atoms with Crippen LogP contribution in [0.4, 0.5) is 0 Å². The van der Waals surface area contributed by atoms with Gasteiger partial charge in [0.2, 0.25) is 5.91 Å². The maximum atomic E-state index is 11.8. The lowest BCUT2D eigenvalue weighted by atomic mass is 10.0. The molecule has 1 aromatic rings. The van der Waals surface area contributed by atoms with E-state index >= 15 is 0 Å². The molecule has 114 valence electrons. The number of hydrogen-bond acceptors (Lipinski definition) is 3. The molecule has 20 heavy (non-hydrogen) atoms. The van der Waals surface area contributed by atoms with Gasteiger partial charge in [0.15, 0.2) is 0 Å². The van der Waals surface area contributed by atoms with Crippen molar-refractivity contribution in [1.29, 1.82) is 0 Å². The number of amides is 1. The Morgan fingerprint density at radius 3 is 2.55 bits per heavy atom. The minimum absolute atomic E-state index is 0. The molecule has 0 saturated heterocycles. The first-order valence-electron chi connectivity index (χ1n) is 6.41. The highest BCUT2D eigenvalue weighted by Crippen LogP contribution is 2.18. The molecular weight excluding hydrogens is 299 g/mol. The predicted octanol–water partition coefficient (Wildman–Crippen LogP) is 2.57. The van der Waals surface area contributed by atoms with E-state index in [9.17, 15) is 4.79 Å². The molecule has 0 saturated carbocycles. The van der Waals surface area contributed by atoms with E-state index in [4.69, 9.17) is 16.3 Å². The minimum Gasteiger partial charge on any atom is -0.383 e. The number of methoxy groups -OCH3 is 1. The fourth-order valence-corrected chi connectivity index (χ4v) is 1.86. The number of ether oxygens (including phenoxy) is 1. The summed E-state index contributed by atoms with van der Waals surface area (Å²) in [6.45, 7) is 3.61. The number of hydrogen-bond donors (Lipinski definition) is 2. The molecule has 1 atom stereocenters. The van der Waals surface area contributed by atoms with Gasteiger partial charge in [-0.25, -0.2) is 0 Å². The van der Waals surface area contributed by atoms with E-state index < -0.39 is 0 Å².